The molecule has 1 N–H and O–H groups in total. The second-order valence-corrected chi connectivity index (χ2v) is 5.79. The molecule has 1 unspecified atom stereocenters. The van der Waals surface area contributed by atoms with Crippen molar-refractivity contribution in [3.63, 3.8) is 0 Å². The minimum Gasteiger partial charge on any atom is -0.316 e. The maximum absolute atomic E-state index is 4.37. The molecular weight excluding hydrogens is 314 g/mol. The standard InChI is InChI=1S/C16H22BrN3/c1-3-18-11-14(15-7-5-6-8-16(15)17)9-13-10-19-20(4-2)12-13/h5-8,10,12,14,18H,3-4,9,11H2,1-2H3. The van der Waals surface area contributed by atoms with Crippen molar-refractivity contribution >= 4 is 15.9 Å². The lowest BCUT2D eigenvalue weighted by Gasteiger charge is -2.18. The van der Waals surface area contributed by atoms with Gasteiger partial charge in [0.1, 0.15) is 0 Å². The maximum Gasteiger partial charge on any atom is 0.0521 e. The van der Waals surface area contributed by atoms with Gasteiger partial charge in [-0.15, -0.1) is 0 Å². The molecule has 0 aliphatic rings. The van der Waals surface area contributed by atoms with Crippen LogP contribution in [0.2, 0.25) is 0 Å². The van der Waals surface area contributed by atoms with Gasteiger partial charge in [-0.2, -0.15) is 5.10 Å². The van der Waals surface area contributed by atoms with Gasteiger partial charge in [-0.25, -0.2) is 0 Å². The van der Waals surface area contributed by atoms with E-state index in [9.17, 15) is 0 Å². The summed E-state index contributed by atoms with van der Waals surface area (Å²) in [7, 11) is 0. The van der Waals surface area contributed by atoms with Gasteiger partial charge in [0.15, 0.2) is 0 Å². The maximum atomic E-state index is 4.37. The van der Waals surface area contributed by atoms with Crippen molar-refractivity contribution in [1.82, 2.24) is 15.1 Å². The second kappa shape index (κ2) is 7.60. The fraction of sp³-hybridized carbons (Fsp3) is 0.438. The number of rotatable bonds is 7. The Balaban J connectivity index is 2.17. The Bertz CT molecular complexity index is 536. The molecule has 2 rings (SSSR count). The van der Waals surface area contributed by atoms with Gasteiger partial charge in [0.05, 0.1) is 6.20 Å². The smallest absolute Gasteiger partial charge is 0.0521 e. The Kier molecular flexibility index (Phi) is 5.80. The molecule has 1 aromatic carbocycles. The van der Waals surface area contributed by atoms with Gasteiger partial charge in [0, 0.05) is 29.7 Å². The van der Waals surface area contributed by atoms with Gasteiger partial charge >= 0.3 is 0 Å². The van der Waals surface area contributed by atoms with Crippen LogP contribution in [0.5, 0.6) is 0 Å². The van der Waals surface area contributed by atoms with Crippen molar-refractivity contribution in [3.8, 4) is 0 Å². The Labute approximate surface area is 129 Å². The summed E-state index contributed by atoms with van der Waals surface area (Å²) < 4.78 is 3.17. The van der Waals surface area contributed by atoms with Gasteiger partial charge in [0.25, 0.3) is 0 Å². The lowest BCUT2D eigenvalue weighted by Crippen LogP contribution is -2.22. The molecular formula is C16H22BrN3. The van der Waals surface area contributed by atoms with Crippen LogP contribution in [0.3, 0.4) is 0 Å². The Hall–Kier alpha value is -1.13. The Morgan fingerprint density at radius 2 is 2.10 bits per heavy atom. The fourth-order valence-electron chi connectivity index (χ4n) is 2.39. The Morgan fingerprint density at radius 1 is 1.30 bits per heavy atom. The van der Waals surface area contributed by atoms with E-state index in [0.29, 0.717) is 5.92 Å². The van der Waals surface area contributed by atoms with E-state index in [0.717, 1.165) is 26.1 Å². The molecule has 1 aromatic heterocycles. The minimum absolute atomic E-state index is 0.458. The van der Waals surface area contributed by atoms with Gasteiger partial charge in [0.2, 0.25) is 0 Å². The third kappa shape index (κ3) is 3.93. The molecule has 0 spiro atoms. The Morgan fingerprint density at radius 3 is 2.75 bits per heavy atom. The highest BCUT2D eigenvalue weighted by Gasteiger charge is 2.15. The molecule has 0 fully saturated rings. The van der Waals surface area contributed by atoms with Crippen LogP contribution < -0.4 is 5.32 Å². The predicted molar refractivity (Wildman–Crippen MR) is 87.0 cm³/mol. The lowest BCUT2D eigenvalue weighted by atomic mass is 9.93. The first-order valence-electron chi connectivity index (χ1n) is 7.21. The number of benzene rings is 1. The summed E-state index contributed by atoms with van der Waals surface area (Å²) in [4.78, 5) is 0. The zero-order valence-corrected chi connectivity index (χ0v) is 13.7. The first-order chi connectivity index (χ1) is 9.74. The number of nitrogens with one attached hydrogen (secondary N) is 1. The fourth-order valence-corrected chi connectivity index (χ4v) is 2.99. The normalized spacial score (nSPS) is 12.6. The van der Waals surface area contributed by atoms with Crippen molar-refractivity contribution in [1.29, 1.82) is 0 Å². The monoisotopic (exact) mass is 335 g/mol. The molecule has 0 bridgehead atoms. The molecule has 0 aliphatic carbocycles. The third-order valence-electron chi connectivity index (χ3n) is 3.48. The summed E-state index contributed by atoms with van der Waals surface area (Å²) in [6.07, 6.45) is 5.14. The zero-order chi connectivity index (χ0) is 14.4. The van der Waals surface area contributed by atoms with Crippen molar-refractivity contribution < 1.29 is 0 Å². The second-order valence-electron chi connectivity index (χ2n) is 4.93. The molecule has 0 saturated heterocycles. The summed E-state index contributed by atoms with van der Waals surface area (Å²) in [5, 5.41) is 7.84. The van der Waals surface area contributed by atoms with Crippen LogP contribution in [0.4, 0.5) is 0 Å². The molecule has 0 aliphatic heterocycles. The number of hydrogen-bond acceptors (Lipinski definition) is 2. The largest absolute Gasteiger partial charge is 0.316 e. The van der Waals surface area contributed by atoms with E-state index in [4.69, 9.17) is 0 Å². The van der Waals surface area contributed by atoms with E-state index < -0.39 is 0 Å². The van der Waals surface area contributed by atoms with Crippen LogP contribution in [0, 0.1) is 0 Å². The van der Waals surface area contributed by atoms with Crippen LogP contribution in [0.25, 0.3) is 0 Å². The van der Waals surface area contributed by atoms with Crippen molar-refractivity contribution in [3.05, 3.63) is 52.3 Å². The molecule has 0 amide bonds. The average molecular weight is 336 g/mol. The molecule has 1 heterocycles. The van der Waals surface area contributed by atoms with Gasteiger partial charge in [-0.05, 0) is 37.1 Å². The third-order valence-corrected chi connectivity index (χ3v) is 4.20. The first-order valence-corrected chi connectivity index (χ1v) is 8.00. The van der Waals surface area contributed by atoms with Gasteiger partial charge in [-0.3, -0.25) is 4.68 Å². The van der Waals surface area contributed by atoms with Crippen molar-refractivity contribution in [2.24, 2.45) is 0 Å². The molecule has 3 nitrogen and oxygen atoms in total. The molecule has 4 heteroatoms. The number of aromatic nitrogens is 2. The SMILES string of the molecule is CCNCC(Cc1cnn(CC)c1)c1ccccc1Br. The van der Waals surface area contributed by atoms with Crippen LogP contribution in [0.15, 0.2) is 41.1 Å². The van der Waals surface area contributed by atoms with E-state index in [1.54, 1.807) is 0 Å². The summed E-state index contributed by atoms with van der Waals surface area (Å²) in [5.74, 6) is 0.458. The predicted octanol–water partition coefficient (Wildman–Crippen LogP) is 3.60. The van der Waals surface area contributed by atoms with Crippen LogP contribution in [-0.4, -0.2) is 22.9 Å². The zero-order valence-electron chi connectivity index (χ0n) is 12.1. The van der Waals surface area contributed by atoms with E-state index in [1.165, 1.54) is 15.6 Å². The summed E-state index contributed by atoms with van der Waals surface area (Å²) in [5.41, 5.74) is 2.66. The van der Waals surface area contributed by atoms with E-state index >= 15 is 0 Å². The number of hydrogen-bond donors (Lipinski definition) is 1. The first kappa shape index (κ1) is 15.3. The lowest BCUT2D eigenvalue weighted by molar-refractivity contribution is 0.592. The summed E-state index contributed by atoms with van der Waals surface area (Å²) in [6, 6.07) is 8.49. The van der Waals surface area contributed by atoms with Gasteiger partial charge in [-0.1, -0.05) is 41.1 Å². The highest BCUT2D eigenvalue weighted by molar-refractivity contribution is 9.10. The van der Waals surface area contributed by atoms with Crippen molar-refractivity contribution in [2.45, 2.75) is 32.7 Å². The minimum atomic E-state index is 0.458. The number of likely N-dealkylation sites (N-methyl/N-ethyl adjacent to an activating group) is 1. The number of halogens is 1. The topological polar surface area (TPSA) is 29.9 Å². The molecule has 2 aromatic rings. The molecule has 1 atom stereocenters. The van der Waals surface area contributed by atoms with Crippen LogP contribution >= 0.6 is 15.9 Å². The summed E-state index contributed by atoms with van der Waals surface area (Å²) >= 11 is 3.67. The number of aryl methyl sites for hydroxylation is 1. The van der Waals surface area contributed by atoms with Crippen LogP contribution in [0.1, 0.15) is 30.9 Å². The van der Waals surface area contributed by atoms with E-state index in [2.05, 4.69) is 70.7 Å². The molecule has 0 saturated carbocycles. The van der Waals surface area contributed by atoms with E-state index in [1.807, 2.05) is 10.9 Å². The van der Waals surface area contributed by atoms with Crippen LogP contribution in [-0.2, 0) is 13.0 Å². The molecule has 108 valence electrons. The molecule has 0 radical (unpaired) electrons. The highest BCUT2D eigenvalue weighted by atomic mass is 79.9. The quantitative estimate of drug-likeness (QED) is 0.837. The summed E-state index contributed by atoms with van der Waals surface area (Å²) in [6.45, 7) is 7.16. The highest BCUT2D eigenvalue weighted by Crippen LogP contribution is 2.27. The average Bonchev–Trinajstić information content (AvgIpc) is 2.92. The van der Waals surface area contributed by atoms with Gasteiger partial charge < -0.3 is 5.32 Å². The number of nitrogens with zero attached hydrogens (tertiary/aromatic N) is 2. The van der Waals surface area contributed by atoms with Crippen molar-refractivity contribution in [2.75, 3.05) is 13.1 Å². The molecule has 20 heavy (non-hydrogen) atoms. The van der Waals surface area contributed by atoms with E-state index in [-0.39, 0.29) is 0 Å².